The van der Waals surface area contributed by atoms with E-state index in [0.29, 0.717) is 0 Å². The molecule has 0 bridgehead atoms. The van der Waals surface area contributed by atoms with Gasteiger partial charge in [0.05, 0.1) is 25.8 Å². The first-order valence-electron chi connectivity index (χ1n) is 6.87. The van der Waals surface area contributed by atoms with Crippen LogP contribution in [0.2, 0.25) is 0 Å². The Morgan fingerprint density at radius 1 is 0.857 bits per heavy atom. The minimum Gasteiger partial charge on any atom is -0.496 e. The molecule has 0 heterocycles. The molecule has 2 rings (SSSR count). The first kappa shape index (κ1) is 15.4. The van der Waals surface area contributed by atoms with Crippen molar-refractivity contribution in [2.75, 3.05) is 14.2 Å². The lowest BCUT2D eigenvalue weighted by atomic mass is 9.90. The standard InChI is InChI=1S/C17H22N2O2/c1-11-7-5-8-12(2)15(11)17(19-18)16-13(20-3)9-6-10-14(16)21-4/h5-10,17,19H,18H2,1-4H3. The van der Waals surface area contributed by atoms with Crippen LogP contribution in [0.3, 0.4) is 0 Å². The lowest BCUT2D eigenvalue weighted by Crippen LogP contribution is -2.30. The van der Waals surface area contributed by atoms with Gasteiger partial charge in [0.1, 0.15) is 11.5 Å². The van der Waals surface area contributed by atoms with Gasteiger partial charge in [-0.15, -0.1) is 0 Å². The molecule has 3 N–H and O–H groups in total. The van der Waals surface area contributed by atoms with Gasteiger partial charge in [0.25, 0.3) is 0 Å². The number of benzene rings is 2. The summed E-state index contributed by atoms with van der Waals surface area (Å²) in [7, 11) is 3.30. The maximum Gasteiger partial charge on any atom is 0.127 e. The van der Waals surface area contributed by atoms with E-state index in [2.05, 4.69) is 31.4 Å². The maximum atomic E-state index is 5.86. The highest BCUT2D eigenvalue weighted by Crippen LogP contribution is 2.38. The zero-order valence-electron chi connectivity index (χ0n) is 12.9. The Labute approximate surface area is 125 Å². The van der Waals surface area contributed by atoms with Crippen molar-refractivity contribution in [3.63, 3.8) is 0 Å². The van der Waals surface area contributed by atoms with E-state index >= 15 is 0 Å². The second-order valence-electron chi connectivity index (χ2n) is 4.98. The minimum absolute atomic E-state index is 0.197. The molecule has 0 amide bonds. The highest BCUT2D eigenvalue weighted by Gasteiger charge is 2.24. The van der Waals surface area contributed by atoms with Gasteiger partial charge in [-0.2, -0.15) is 0 Å². The van der Waals surface area contributed by atoms with E-state index in [1.807, 2.05) is 24.3 Å². The molecule has 0 aromatic heterocycles. The largest absolute Gasteiger partial charge is 0.496 e. The summed E-state index contributed by atoms with van der Waals surface area (Å²) in [6, 6.07) is 11.7. The third-order valence-corrected chi connectivity index (χ3v) is 3.75. The smallest absolute Gasteiger partial charge is 0.127 e. The Balaban J connectivity index is 2.67. The molecule has 2 aromatic carbocycles. The molecule has 4 nitrogen and oxygen atoms in total. The Kier molecular flexibility index (Phi) is 4.83. The Morgan fingerprint density at radius 3 is 1.76 bits per heavy atom. The zero-order chi connectivity index (χ0) is 15.4. The van der Waals surface area contributed by atoms with Gasteiger partial charge >= 0.3 is 0 Å². The third-order valence-electron chi connectivity index (χ3n) is 3.75. The van der Waals surface area contributed by atoms with E-state index in [0.717, 1.165) is 22.6 Å². The molecule has 0 saturated carbocycles. The van der Waals surface area contributed by atoms with Gasteiger partial charge < -0.3 is 9.47 Å². The number of aryl methyl sites for hydroxylation is 2. The van der Waals surface area contributed by atoms with Crippen molar-refractivity contribution >= 4 is 0 Å². The average Bonchev–Trinajstić information content (AvgIpc) is 2.50. The van der Waals surface area contributed by atoms with Crippen LogP contribution >= 0.6 is 0 Å². The molecular weight excluding hydrogens is 264 g/mol. The normalized spacial score (nSPS) is 12.0. The second kappa shape index (κ2) is 6.61. The lowest BCUT2D eigenvalue weighted by molar-refractivity contribution is 0.377. The molecule has 0 spiro atoms. The fourth-order valence-corrected chi connectivity index (χ4v) is 2.76. The number of nitrogens with one attached hydrogen (secondary N) is 1. The highest BCUT2D eigenvalue weighted by molar-refractivity contribution is 5.53. The van der Waals surface area contributed by atoms with E-state index in [1.165, 1.54) is 11.1 Å². The van der Waals surface area contributed by atoms with Crippen LogP contribution in [0.4, 0.5) is 0 Å². The van der Waals surface area contributed by atoms with E-state index in [4.69, 9.17) is 15.3 Å². The second-order valence-corrected chi connectivity index (χ2v) is 4.98. The number of methoxy groups -OCH3 is 2. The first-order chi connectivity index (χ1) is 10.1. The van der Waals surface area contributed by atoms with Gasteiger partial charge in [-0.1, -0.05) is 24.3 Å². The summed E-state index contributed by atoms with van der Waals surface area (Å²) < 4.78 is 11.0. The molecule has 0 radical (unpaired) electrons. The van der Waals surface area contributed by atoms with Gasteiger partial charge in [-0.25, -0.2) is 5.43 Å². The number of hydrazine groups is 1. The van der Waals surface area contributed by atoms with Crippen LogP contribution in [-0.2, 0) is 0 Å². The molecule has 112 valence electrons. The molecule has 0 aliphatic carbocycles. The van der Waals surface area contributed by atoms with Crippen LogP contribution in [0.15, 0.2) is 36.4 Å². The molecule has 1 atom stereocenters. The van der Waals surface area contributed by atoms with Crippen molar-refractivity contribution in [3.8, 4) is 11.5 Å². The topological polar surface area (TPSA) is 56.5 Å². The van der Waals surface area contributed by atoms with Crippen LogP contribution in [-0.4, -0.2) is 14.2 Å². The summed E-state index contributed by atoms with van der Waals surface area (Å²) in [6.07, 6.45) is 0. The molecule has 0 fully saturated rings. The molecule has 4 heteroatoms. The van der Waals surface area contributed by atoms with Crippen molar-refractivity contribution in [1.29, 1.82) is 0 Å². The summed E-state index contributed by atoms with van der Waals surface area (Å²) in [5.74, 6) is 7.36. The molecule has 0 saturated heterocycles. The molecule has 0 aliphatic heterocycles. The van der Waals surface area contributed by atoms with E-state index in [1.54, 1.807) is 14.2 Å². The van der Waals surface area contributed by atoms with Crippen molar-refractivity contribution in [3.05, 3.63) is 58.7 Å². The van der Waals surface area contributed by atoms with Crippen LogP contribution < -0.4 is 20.7 Å². The van der Waals surface area contributed by atoms with Gasteiger partial charge in [0, 0.05) is 0 Å². The van der Waals surface area contributed by atoms with E-state index in [9.17, 15) is 0 Å². The van der Waals surface area contributed by atoms with Gasteiger partial charge in [-0.05, 0) is 42.7 Å². The molecule has 1 unspecified atom stereocenters. The van der Waals surface area contributed by atoms with Crippen molar-refractivity contribution < 1.29 is 9.47 Å². The summed E-state index contributed by atoms with van der Waals surface area (Å²) in [5.41, 5.74) is 7.30. The number of nitrogens with two attached hydrogens (primary N) is 1. The third kappa shape index (κ3) is 2.86. The van der Waals surface area contributed by atoms with Crippen molar-refractivity contribution in [2.24, 2.45) is 5.84 Å². The monoisotopic (exact) mass is 286 g/mol. The lowest BCUT2D eigenvalue weighted by Gasteiger charge is -2.24. The van der Waals surface area contributed by atoms with E-state index < -0.39 is 0 Å². The zero-order valence-corrected chi connectivity index (χ0v) is 12.9. The summed E-state index contributed by atoms with van der Waals surface area (Å²) in [5, 5.41) is 0. The Morgan fingerprint density at radius 2 is 1.33 bits per heavy atom. The van der Waals surface area contributed by atoms with E-state index in [-0.39, 0.29) is 6.04 Å². The number of rotatable bonds is 5. The molecule has 2 aromatic rings. The molecular formula is C17H22N2O2. The van der Waals surface area contributed by atoms with Crippen molar-refractivity contribution in [1.82, 2.24) is 5.43 Å². The van der Waals surface area contributed by atoms with Crippen LogP contribution in [0.25, 0.3) is 0 Å². The highest BCUT2D eigenvalue weighted by atomic mass is 16.5. The number of hydrogen-bond acceptors (Lipinski definition) is 4. The average molecular weight is 286 g/mol. The van der Waals surface area contributed by atoms with Crippen LogP contribution in [0.5, 0.6) is 11.5 Å². The predicted octanol–water partition coefficient (Wildman–Crippen LogP) is 2.87. The SMILES string of the molecule is COc1cccc(OC)c1C(NN)c1c(C)cccc1C. The van der Waals surface area contributed by atoms with Crippen LogP contribution in [0.1, 0.15) is 28.3 Å². The van der Waals surface area contributed by atoms with Crippen LogP contribution in [0, 0.1) is 13.8 Å². The predicted molar refractivity (Wildman–Crippen MR) is 84.6 cm³/mol. The van der Waals surface area contributed by atoms with Crippen molar-refractivity contribution in [2.45, 2.75) is 19.9 Å². The summed E-state index contributed by atoms with van der Waals surface area (Å²) >= 11 is 0. The van der Waals surface area contributed by atoms with Gasteiger partial charge in [0.2, 0.25) is 0 Å². The van der Waals surface area contributed by atoms with Gasteiger partial charge in [-0.3, -0.25) is 5.84 Å². The minimum atomic E-state index is -0.197. The number of hydrogen-bond donors (Lipinski definition) is 2. The fraction of sp³-hybridized carbons (Fsp3) is 0.294. The first-order valence-corrected chi connectivity index (χ1v) is 6.87. The summed E-state index contributed by atoms with van der Waals surface area (Å²) in [4.78, 5) is 0. The Hall–Kier alpha value is -2.04. The quantitative estimate of drug-likeness (QED) is 0.655. The molecule has 0 aliphatic rings. The fourth-order valence-electron chi connectivity index (χ4n) is 2.76. The number of ether oxygens (including phenoxy) is 2. The Bertz CT molecular complexity index is 584. The molecule has 21 heavy (non-hydrogen) atoms. The summed E-state index contributed by atoms with van der Waals surface area (Å²) in [6.45, 7) is 4.16. The maximum absolute atomic E-state index is 5.86. The van der Waals surface area contributed by atoms with Gasteiger partial charge in [0.15, 0.2) is 0 Å².